The number of amides is 2. The zero-order valence-corrected chi connectivity index (χ0v) is 12.3. The normalized spacial score (nSPS) is 21.8. The summed E-state index contributed by atoms with van der Waals surface area (Å²) >= 11 is 0.956. The lowest BCUT2D eigenvalue weighted by molar-refractivity contribution is -0.894. The van der Waals surface area contributed by atoms with E-state index in [-0.39, 0.29) is 17.0 Å². The van der Waals surface area contributed by atoms with Gasteiger partial charge in [-0.3, -0.25) is 9.59 Å². The number of benzene rings is 1. The minimum Gasteiger partial charge on any atom is -0.317 e. The summed E-state index contributed by atoms with van der Waals surface area (Å²) < 4.78 is 12.9. The van der Waals surface area contributed by atoms with Gasteiger partial charge in [0, 0.05) is 12.8 Å². The summed E-state index contributed by atoms with van der Waals surface area (Å²) in [5.74, 6) is -0.563. The third-order valence-corrected chi connectivity index (χ3v) is 4.64. The van der Waals surface area contributed by atoms with E-state index in [4.69, 9.17) is 0 Å². The minimum atomic E-state index is -0.321. The molecule has 1 aromatic carbocycles. The lowest BCUT2D eigenvalue weighted by Crippen LogP contribution is -3.11. The van der Waals surface area contributed by atoms with Gasteiger partial charge in [0.05, 0.1) is 18.0 Å². The summed E-state index contributed by atoms with van der Waals surface area (Å²) in [6, 6.07) is 5.86. The number of rotatable bonds is 3. The Hall–Kier alpha value is -1.66. The van der Waals surface area contributed by atoms with E-state index in [0.717, 1.165) is 43.3 Å². The van der Waals surface area contributed by atoms with Crippen LogP contribution in [0.15, 0.2) is 29.2 Å². The van der Waals surface area contributed by atoms with Crippen LogP contribution in [0.5, 0.6) is 0 Å². The standard InChI is InChI=1S/C15H15FN2O2S/c16-12-5-3-11(4-6-12)9-13-14(19)18(15(20)21-13)10-17-7-1-2-8-17/h3-6,9H,1-2,7-8,10H2/p+1/b13-9+. The van der Waals surface area contributed by atoms with Crippen LogP contribution >= 0.6 is 11.8 Å². The monoisotopic (exact) mass is 307 g/mol. The van der Waals surface area contributed by atoms with E-state index < -0.39 is 0 Å². The maximum Gasteiger partial charge on any atom is 0.298 e. The molecule has 6 heteroatoms. The number of thioether (sulfide) groups is 1. The van der Waals surface area contributed by atoms with Crippen molar-refractivity contribution in [1.29, 1.82) is 0 Å². The van der Waals surface area contributed by atoms with Crippen LogP contribution in [-0.2, 0) is 4.79 Å². The Kier molecular flexibility index (Phi) is 4.07. The van der Waals surface area contributed by atoms with Crippen LogP contribution in [0.1, 0.15) is 18.4 Å². The van der Waals surface area contributed by atoms with Gasteiger partial charge in [-0.1, -0.05) is 12.1 Å². The van der Waals surface area contributed by atoms with Crippen LogP contribution < -0.4 is 4.90 Å². The number of carbonyl (C=O) groups excluding carboxylic acids is 2. The van der Waals surface area contributed by atoms with Gasteiger partial charge in [-0.05, 0) is 35.5 Å². The molecule has 0 atom stereocenters. The number of quaternary nitrogens is 1. The van der Waals surface area contributed by atoms with Crippen LogP contribution in [0.25, 0.3) is 6.08 Å². The van der Waals surface area contributed by atoms with Crippen LogP contribution in [0.4, 0.5) is 9.18 Å². The highest BCUT2D eigenvalue weighted by molar-refractivity contribution is 8.18. The fourth-order valence-electron chi connectivity index (χ4n) is 2.60. The molecule has 0 unspecified atom stereocenters. The first kappa shape index (κ1) is 14.3. The number of nitrogens with zero attached hydrogens (tertiary/aromatic N) is 1. The van der Waals surface area contributed by atoms with Crippen LogP contribution in [0.2, 0.25) is 0 Å². The molecule has 0 saturated carbocycles. The molecule has 3 rings (SSSR count). The van der Waals surface area contributed by atoms with Crippen LogP contribution in [0.3, 0.4) is 0 Å². The first-order chi connectivity index (χ1) is 10.1. The highest BCUT2D eigenvalue weighted by Gasteiger charge is 2.37. The molecule has 21 heavy (non-hydrogen) atoms. The molecule has 2 aliphatic heterocycles. The predicted molar refractivity (Wildman–Crippen MR) is 79.0 cm³/mol. The molecule has 0 radical (unpaired) electrons. The van der Waals surface area contributed by atoms with Crippen molar-refractivity contribution in [3.05, 3.63) is 40.6 Å². The van der Waals surface area contributed by atoms with Crippen molar-refractivity contribution in [3.63, 3.8) is 0 Å². The number of halogens is 1. The van der Waals surface area contributed by atoms with E-state index in [2.05, 4.69) is 0 Å². The zero-order valence-electron chi connectivity index (χ0n) is 11.5. The Bertz CT molecular complexity index is 594. The maximum absolute atomic E-state index is 12.9. The highest BCUT2D eigenvalue weighted by atomic mass is 32.2. The van der Waals surface area contributed by atoms with E-state index in [1.807, 2.05) is 0 Å². The molecule has 2 saturated heterocycles. The fraction of sp³-hybridized carbons (Fsp3) is 0.333. The van der Waals surface area contributed by atoms with E-state index in [1.54, 1.807) is 18.2 Å². The molecule has 1 N–H and O–H groups in total. The summed E-state index contributed by atoms with van der Waals surface area (Å²) in [7, 11) is 0. The molecule has 110 valence electrons. The molecule has 2 amide bonds. The Labute approximate surface area is 126 Å². The van der Waals surface area contributed by atoms with Crippen LogP contribution in [-0.4, -0.2) is 35.8 Å². The summed E-state index contributed by atoms with van der Waals surface area (Å²) in [5.41, 5.74) is 0.718. The van der Waals surface area contributed by atoms with E-state index in [1.165, 1.54) is 21.9 Å². The minimum absolute atomic E-state index is 0.215. The van der Waals surface area contributed by atoms with Crippen LogP contribution in [0, 0.1) is 5.82 Å². The van der Waals surface area contributed by atoms with Gasteiger partial charge in [0.2, 0.25) is 0 Å². The van der Waals surface area contributed by atoms with Gasteiger partial charge in [-0.25, -0.2) is 9.29 Å². The summed E-state index contributed by atoms with van der Waals surface area (Å²) in [6.07, 6.45) is 3.94. The number of imide groups is 1. The van der Waals surface area contributed by atoms with Crippen molar-refractivity contribution in [1.82, 2.24) is 4.90 Å². The third kappa shape index (κ3) is 3.16. The van der Waals surface area contributed by atoms with Gasteiger partial charge in [0.15, 0.2) is 6.67 Å². The molecular weight excluding hydrogens is 291 g/mol. The first-order valence-corrected chi connectivity index (χ1v) is 7.79. The topological polar surface area (TPSA) is 41.8 Å². The van der Waals surface area contributed by atoms with Crippen molar-refractivity contribution >= 4 is 29.0 Å². The van der Waals surface area contributed by atoms with Gasteiger partial charge < -0.3 is 4.90 Å². The van der Waals surface area contributed by atoms with Crippen molar-refractivity contribution < 1.29 is 18.9 Å². The Balaban J connectivity index is 1.74. The second-order valence-corrected chi connectivity index (χ2v) is 6.27. The van der Waals surface area contributed by atoms with Gasteiger partial charge >= 0.3 is 0 Å². The Morgan fingerprint density at radius 3 is 2.52 bits per heavy atom. The summed E-state index contributed by atoms with van der Waals surface area (Å²) in [6.45, 7) is 2.48. The molecule has 2 fully saturated rings. The molecule has 0 spiro atoms. The van der Waals surface area contributed by atoms with Gasteiger partial charge in [-0.15, -0.1) is 0 Å². The van der Waals surface area contributed by atoms with Gasteiger partial charge in [-0.2, -0.15) is 0 Å². The molecule has 2 heterocycles. The van der Waals surface area contributed by atoms with Crippen molar-refractivity contribution in [2.24, 2.45) is 0 Å². The molecule has 0 bridgehead atoms. The van der Waals surface area contributed by atoms with Crippen molar-refractivity contribution in [3.8, 4) is 0 Å². The summed E-state index contributed by atoms with van der Waals surface area (Å²) in [4.78, 5) is 27.3. The van der Waals surface area contributed by atoms with Gasteiger partial charge in [0.1, 0.15) is 5.82 Å². The quantitative estimate of drug-likeness (QED) is 0.861. The largest absolute Gasteiger partial charge is 0.317 e. The number of hydrogen-bond donors (Lipinski definition) is 1. The Morgan fingerprint density at radius 2 is 1.86 bits per heavy atom. The van der Waals surface area contributed by atoms with Crippen molar-refractivity contribution in [2.45, 2.75) is 12.8 Å². The average molecular weight is 307 g/mol. The second kappa shape index (κ2) is 5.99. The lowest BCUT2D eigenvalue weighted by Gasteiger charge is -2.17. The Morgan fingerprint density at radius 1 is 1.19 bits per heavy atom. The lowest BCUT2D eigenvalue weighted by atomic mass is 10.2. The molecular formula is C15H16FN2O2S+. The molecule has 1 aromatic rings. The van der Waals surface area contributed by atoms with E-state index in [9.17, 15) is 14.0 Å². The molecule has 4 nitrogen and oxygen atoms in total. The highest BCUT2D eigenvalue weighted by Crippen LogP contribution is 2.31. The fourth-order valence-corrected chi connectivity index (χ4v) is 3.44. The van der Waals surface area contributed by atoms with Gasteiger partial charge in [0.25, 0.3) is 11.1 Å². The van der Waals surface area contributed by atoms with Crippen molar-refractivity contribution in [2.75, 3.05) is 19.8 Å². The molecule has 2 aliphatic rings. The zero-order chi connectivity index (χ0) is 14.8. The smallest absolute Gasteiger partial charge is 0.298 e. The number of nitrogens with one attached hydrogen (secondary N) is 1. The predicted octanol–water partition coefficient (Wildman–Crippen LogP) is 1.50. The summed E-state index contributed by atoms with van der Waals surface area (Å²) in [5, 5.41) is -0.215. The molecule has 0 aromatic heterocycles. The van der Waals surface area contributed by atoms with E-state index >= 15 is 0 Å². The number of carbonyl (C=O) groups is 2. The second-order valence-electron chi connectivity index (χ2n) is 5.28. The average Bonchev–Trinajstić information content (AvgIpc) is 3.06. The number of hydrogen-bond acceptors (Lipinski definition) is 3. The first-order valence-electron chi connectivity index (χ1n) is 6.98. The van der Waals surface area contributed by atoms with E-state index in [0.29, 0.717) is 11.6 Å². The SMILES string of the molecule is O=C1S/C(=C/c2ccc(F)cc2)C(=O)N1C[NH+]1CCCC1. The molecule has 0 aliphatic carbocycles. The maximum atomic E-state index is 12.9. The third-order valence-electron chi connectivity index (χ3n) is 3.73. The number of likely N-dealkylation sites (tertiary alicyclic amines) is 1.